The molecular formula is C25H34N2O4S. The molecule has 1 aliphatic rings. The van der Waals surface area contributed by atoms with Gasteiger partial charge in [-0.1, -0.05) is 26.3 Å². The molecular weight excluding hydrogens is 424 g/mol. The maximum atomic E-state index is 13.0. The van der Waals surface area contributed by atoms with Crippen LogP contribution in [0.2, 0.25) is 0 Å². The fourth-order valence-corrected chi connectivity index (χ4v) is 5.78. The highest BCUT2D eigenvalue weighted by Gasteiger charge is 2.27. The van der Waals surface area contributed by atoms with Gasteiger partial charge in [0.25, 0.3) is 5.91 Å². The number of hydrogen-bond donors (Lipinski definition) is 1. The molecule has 3 rings (SSSR count). The van der Waals surface area contributed by atoms with Gasteiger partial charge >= 0.3 is 0 Å². The third kappa shape index (κ3) is 5.15. The third-order valence-electron chi connectivity index (χ3n) is 6.10. The average Bonchev–Trinajstić information content (AvgIpc) is 2.79. The van der Waals surface area contributed by atoms with E-state index in [1.165, 1.54) is 10.4 Å². The van der Waals surface area contributed by atoms with Gasteiger partial charge < -0.3 is 10.1 Å². The lowest BCUT2D eigenvalue weighted by Gasteiger charge is -2.26. The van der Waals surface area contributed by atoms with Crippen molar-refractivity contribution in [2.24, 2.45) is 0 Å². The predicted molar refractivity (Wildman–Crippen MR) is 127 cm³/mol. The third-order valence-corrected chi connectivity index (χ3v) is 8.00. The van der Waals surface area contributed by atoms with Crippen molar-refractivity contribution < 1.29 is 17.9 Å². The summed E-state index contributed by atoms with van der Waals surface area (Å²) in [7, 11) is -1.93. The molecule has 7 heteroatoms. The summed E-state index contributed by atoms with van der Waals surface area (Å²) in [6.07, 6.45) is 2.79. The first-order chi connectivity index (χ1) is 15.1. The summed E-state index contributed by atoms with van der Waals surface area (Å²) in [4.78, 5) is 13.2. The predicted octanol–water partition coefficient (Wildman–Crippen LogP) is 4.79. The maximum Gasteiger partial charge on any atom is 0.251 e. The Morgan fingerprint density at radius 1 is 1.03 bits per heavy atom. The molecule has 2 aromatic rings. The monoisotopic (exact) mass is 458 g/mol. The summed E-state index contributed by atoms with van der Waals surface area (Å²) in [5, 5.41) is 3.03. The van der Waals surface area contributed by atoms with Gasteiger partial charge in [-0.05, 0) is 79.6 Å². The molecule has 32 heavy (non-hydrogen) atoms. The van der Waals surface area contributed by atoms with Gasteiger partial charge in [-0.3, -0.25) is 4.79 Å². The largest absolute Gasteiger partial charge is 0.496 e. The van der Waals surface area contributed by atoms with E-state index in [1.807, 2.05) is 19.9 Å². The number of nitrogens with one attached hydrogen (secondary N) is 1. The topological polar surface area (TPSA) is 75.7 Å². The Morgan fingerprint density at radius 2 is 1.72 bits per heavy atom. The molecule has 0 aromatic heterocycles. The molecule has 2 aromatic carbocycles. The average molecular weight is 459 g/mol. The molecule has 0 spiro atoms. The molecule has 1 atom stereocenters. The van der Waals surface area contributed by atoms with E-state index < -0.39 is 10.0 Å². The van der Waals surface area contributed by atoms with Crippen LogP contribution in [0.4, 0.5) is 0 Å². The number of carbonyl (C=O) groups excluding carboxylic acids is 1. The first kappa shape index (κ1) is 24.3. The van der Waals surface area contributed by atoms with E-state index >= 15 is 0 Å². The van der Waals surface area contributed by atoms with E-state index in [0.717, 1.165) is 41.7 Å². The van der Waals surface area contributed by atoms with Crippen molar-refractivity contribution in [3.05, 3.63) is 58.7 Å². The Morgan fingerprint density at radius 3 is 2.34 bits per heavy atom. The van der Waals surface area contributed by atoms with Gasteiger partial charge in [0.2, 0.25) is 10.0 Å². The van der Waals surface area contributed by atoms with Crippen molar-refractivity contribution in [3.8, 4) is 5.75 Å². The van der Waals surface area contributed by atoms with E-state index in [1.54, 1.807) is 25.3 Å². The number of aryl methyl sites for hydroxylation is 1. The van der Waals surface area contributed by atoms with Gasteiger partial charge in [-0.2, -0.15) is 4.31 Å². The first-order valence-electron chi connectivity index (χ1n) is 11.2. The lowest BCUT2D eigenvalue weighted by molar-refractivity contribution is 0.0939. The molecule has 1 heterocycles. The van der Waals surface area contributed by atoms with Crippen molar-refractivity contribution in [3.63, 3.8) is 0 Å². The van der Waals surface area contributed by atoms with E-state index in [9.17, 15) is 13.2 Å². The van der Waals surface area contributed by atoms with Crippen molar-refractivity contribution in [2.75, 3.05) is 20.2 Å². The van der Waals surface area contributed by atoms with Crippen LogP contribution in [-0.2, 0) is 10.0 Å². The Balaban J connectivity index is 1.82. The molecule has 1 saturated heterocycles. The van der Waals surface area contributed by atoms with Crippen LogP contribution in [0.3, 0.4) is 0 Å². The number of nitrogens with zero attached hydrogens (tertiary/aromatic N) is 1. The molecule has 0 unspecified atom stereocenters. The fraction of sp³-hybridized carbons (Fsp3) is 0.480. The maximum absolute atomic E-state index is 13.0. The van der Waals surface area contributed by atoms with Gasteiger partial charge in [0.05, 0.1) is 18.0 Å². The highest BCUT2D eigenvalue weighted by atomic mass is 32.2. The fourth-order valence-electron chi connectivity index (χ4n) is 4.22. The lowest BCUT2D eigenvalue weighted by Crippen LogP contribution is -2.35. The molecule has 0 radical (unpaired) electrons. The minimum absolute atomic E-state index is 0.169. The van der Waals surface area contributed by atoms with Crippen molar-refractivity contribution in [1.29, 1.82) is 0 Å². The second-order valence-corrected chi connectivity index (χ2v) is 10.7. The zero-order valence-electron chi connectivity index (χ0n) is 19.6. The normalized spacial score (nSPS) is 16.1. The van der Waals surface area contributed by atoms with E-state index in [4.69, 9.17) is 4.74 Å². The molecule has 1 aliphatic heterocycles. The number of amides is 1. The summed E-state index contributed by atoms with van der Waals surface area (Å²) >= 11 is 0. The molecule has 6 nitrogen and oxygen atoms in total. The molecule has 174 valence electrons. The molecule has 0 saturated carbocycles. The van der Waals surface area contributed by atoms with Crippen LogP contribution in [0.1, 0.15) is 79.0 Å². The second kappa shape index (κ2) is 10.0. The number of ether oxygens (including phenoxy) is 1. The summed E-state index contributed by atoms with van der Waals surface area (Å²) in [6.45, 7) is 9.21. The quantitative estimate of drug-likeness (QED) is 0.647. The zero-order valence-corrected chi connectivity index (χ0v) is 20.5. The van der Waals surface area contributed by atoms with E-state index in [2.05, 4.69) is 25.2 Å². The van der Waals surface area contributed by atoms with Crippen molar-refractivity contribution in [1.82, 2.24) is 9.62 Å². The minimum atomic E-state index is -3.59. The molecule has 1 fully saturated rings. The Hall–Kier alpha value is -2.38. The van der Waals surface area contributed by atoms with Crippen LogP contribution in [-0.4, -0.2) is 38.8 Å². The zero-order chi connectivity index (χ0) is 23.5. The Bertz CT molecular complexity index is 1070. The minimum Gasteiger partial charge on any atom is -0.496 e. The van der Waals surface area contributed by atoms with Crippen LogP contribution < -0.4 is 10.1 Å². The molecule has 1 N–H and O–H groups in total. The standard InChI is InChI=1S/C25H34N2O4S/c1-17(2)22-16-23(18(3)14-24(22)31-5)19(4)26-25(28)20-10-9-11-21(15-20)32(29,30)27-12-7-6-8-13-27/h9-11,14-17,19H,6-8,12-13H2,1-5H3,(H,26,28)/t19-/m0/s1. The highest BCUT2D eigenvalue weighted by Crippen LogP contribution is 2.32. The summed E-state index contributed by atoms with van der Waals surface area (Å²) < 4.78 is 33.0. The summed E-state index contributed by atoms with van der Waals surface area (Å²) in [5.74, 6) is 0.828. The molecule has 1 amide bonds. The van der Waals surface area contributed by atoms with Crippen LogP contribution in [0.25, 0.3) is 0 Å². The van der Waals surface area contributed by atoms with E-state index in [-0.39, 0.29) is 22.8 Å². The van der Waals surface area contributed by atoms with Crippen molar-refractivity contribution >= 4 is 15.9 Å². The lowest BCUT2D eigenvalue weighted by atomic mass is 9.93. The first-order valence-corrected chi connectivity index (χ1v) is 12.7. The van der Waals surface area contributed by atoms with Gasteiger partial charge in [0.15, 0.2) is 0 Å². The van der Waals surface area contributed by atoms with Gasteiger partial charge in [-0.25, -0.2) is 8.42 Å². The number of sulfonamides is 1. The van der Waals surface area contributed by atoms with Crippen molar-refractivity contribution in [2.45, 2.75) is 63.8 Å². The number of benzene rings is 2. The van der Waals surface area contributed by atoms with Gasteiger partial charge in [0, 0.05) is 18.7 Å². The summed E-state index contributed by atoms with van der Waals surface area (Å²) in [5.41, 5.74) is 3.47. The molecule has 0 aliphatic carbocycles. The SMILES string of the molecule is COc1cc(C)c([C@H](C)NC(=O)c2cccc(S(=O)(=O)N3CCCCC3)c2)cc1C(C)C. The van der Waals surface area contributed by atoms with Crippen LogP contribution in [0.5, 0.6) is 5.75 Å². The second-order valence-electron chi connectivity index (χ2n) is 8.79. The highest BCUT2D eigenvalue weighted by molar-refractivity contribution is 7.89. The Labute approximate surface area is 192 Å². The number of hydrogen-bond acceptors (Lipinski definition) is 4. The number of methoxy groups -OCH3 is 1. The van der Waals surface area contributed by atoms with Crippen LogP contribution in [0.15, 0.2) is 41.3 Å². The van der Waals surface area contributed by atoms with Gasteiger partial charge in [0.1, 0.15) is 5.75 Å². The smallest absolute Gasteiger partial charge is 0.251 e. The van der Waals surface area contributed by atoms with Gasteiger partial charge in [-0.15, -0.1) is 0 Å². The number of carbonyl (C=O) groups is 1. The summed E-state index contributed by atoms with van der Waals surface area (Å²) in [6, 6.07) is 10.2. The Kier molecular flexibility index (Phi) is 7.62. The van der Waals surface area contributed by atoms with E-state index in [0.29, 0.717) is 18.7 Å². The molecule has 0 bridgehead atoms. The number of rotatable bonds is 7. The number of piperidine rings is 1. The van der Waals surface area contributed by atoms with Crippen LogP contribution in [0, 0.1) is 6.92 Å². The van der Waals surface area contributed by atoms with Crippen LogP contribution >= 0.6 is 0 Å².